The van der Waals surface area contributed by atoms with Gasteiger partial charge in [0.25, 0.3) is 11.7 Å². The first-order chi connectivity index (χ1) is 20.8. The largest absolute Gasteiger partial charge is 0.505 e. The number of benzene rings is 1. The van der Waals surface area contributed by atoms with E-state index < -0.39 is 17.7 Å². The molecular weight excluding hydrogens is 546 g/mol. The van der Waals surface area contributed by atoms with Crippen LogP contribution in [-0.4, -0.2) is 60.4 Å². The van der Waals surface area contributed by atoms with Crippen LogP contribution < -0.4 is 9.47 Å². The van der Waals surface area contributed by atoms with Crippen LogP contribution in [0.25, 0.3) is 11.4 Å². The molecule has 1 unspecified atom stereocenters. The average Bonchev–Trinajstić information content (AvgIpc) is 3.70. The van der Waals surface area contributed by atoms with E-state index in [9.17, 15) is 14.7 Å². The summed E-state index contributed by atoms with van der Waals surface area (Å²) in [6.45, 7) is 9.70. The molecule has 0 bridgehead atoms. The van der Waals surface area contributed by atoms with Crippen LogP contribution in [0.5, 0.6) is 11.5 Å². The number of amides is 1. The first-order valence-electron chi connectivity index (χ1n) is 14.9. The molecule has 0 radical (unpaired) electrons. The molecule has 1 fully saturated rings. The predicted octanol–water partition coefficient (Wildman–Crippen LogP) is 5.63. The number of carbonyl (C=O) groups excluding carboxylic acids is 2. The van der Waals surface area contributed by atoms with Crippen molar-refractivity contribution in [3.05, 3.63) is 83.3 Å². The second kappa shape index (κ2) is 13.1. The smallest absolute Gasteiger partial charge is 0.295 e. The van der Waals surface area contributed by atoms with Crippen LogP contribution in [0.4, 0.5) is 0 Å². The van der Waals surface area contributed by atoms with Gasteiger partial charge in [-0.25, -0.2) is 9.97 Å². The number of aliphatic hydroxyl groups excluding tert-OH is 1. The number of ketones is 1. The molecule has 3 aromatic heterocycles. The van der Waals surface area contributed by atoms with Gasteiger partial charge in [0.15, 0.2) is 17.3 Å². The van der Waals surface area contributed by atoms with Crippen molar-refractivity contribution in [1.82, 2.24) is 23.8 Å². The highest BCUT2D eigenvalue weighted by Crippen LogP contribution is 2.42. The molecule has 1 aromatic carbocycles. The van der Waals surface area contributed by atoms with Crippen molar-refractivity contribution in [3.8, 4) is 11.5 Å². The average molecular weight is 586 g/mol. The summed E-state index contributed by atoms with van der Waals surface area (Å²) in [6.07, 6.45) is 10.8. The van der Waals surface area contributed by atoms with Gasteiger partial charge in [-0.3, -0.25) is 9.59 Å². The molecule has 226 valence electrons. The number of carbonyl (C=O) groups is 2. The van der Waals surface area contributed by atoms with E-state index in [1.165, 1.54) is 4.90 Å². The van der Waals surface area contributed by atoms with Gasteiger partial charge in [-0.1, -0.05) is 31.9 Å². The van der Waals surface area contributed by atoms with Crippen LogP contribution in [0.15, 0.2) is 60.8 Å². The lowest BCUT2D eigenvalue weighted by Crippen LogP contribution is -2.31. The molecule has 10 nitrogen and oxygen atoms in total. The minimum absolute atomic E-state index is 0.0100. The number of likely N-dealkylation sites (tertiary alicyclic amines) is 1. The number of pyridine rings is 1. The zero-order chi connectivity index (χ0) is 30.5. The van der Waals surface area contributed by atoms with Crippen LogP contribution in [0.2, 0.25) is 0 Å². The number of fused-ring (bicyclic) bond motifs is 1. The normalized spacial score (nSPS) is 16.4. The highest BCUT2D eigenvalue weighted by molar-refractivity contribution is 6.46. The Hall–Kier alpha value is -4.60. The third-order valence-electron chi connectivity index (χ3n) is 7.81. The zero-order valence-electron chi connectivity index (χ0n) is 25.2. The molecule has 5 rings (SSSR count). The van der Waals surface area contributed by atoms with Crippen molar-refractivity contribution < 1.29 is 24.2 Å². The van der Waals surface area contributed by atoms with Crippen molar-refractivity contribution in [3.63, 3.8) is 0 Å². The van der Waals surface area contributed by atoms with Gasteiger partial charge in [-0.15, -0.1) is 0 Å². The van der Waals surface area contributed by atoms with Crippen LogP contribution >= 0.6 is 0 Å². The van der Waals surface area contributed by atoms with E-state index in [1.54, 1.807) is 12.5 Å². The molecule has 0 aliphatic carbocycles. The van der Waals surface area contributed by atoms with Gasteiger partial charge in [0.05, 0.1) is 36.8 Å². The molecule has 43 heavy (non-hydrogen) atoms. The topological polar surface area (TPSA) is 111 Å². The fourth-order valence-corrected chi connectivity index (χ4v) is 5.59. The van der Waals surface area contributed by atoms with E-state index in [0.29, 0.717) is 61.1 Å². The summed E-state index contributed by atoms with van der Waals surface area (Å²) in [5.74, 6) is -0.562. The summed E-state index contributed by atoms with van der Waals surface area (Å²) in [7, 11) is 0. The van der Waals surface area contributed by atoms with E-state index in [0.717, 1.165) is 24.8 Å². The van der Waals surface area contributed by atoms with Crippen LogP contribution in [0, 0.1) is 13.8 Å². The number of ether oxygens (including phenoxy) is 2. The summed E-state index contributed by atoms with van der Waals surface area (Å²) in [5.41, 5.74) is 3.21. The maximum atomic E-state index is 13.7. The molecule has 1 amide bonds. The van der Waals surface area contributed by atoms with Crippen LogP contribution in [0.1, 0.15) is 68.1 Å². The Morgan fingerprint density at radius 1 is 1.00 bits per heavy atom. The van der Waals surface area contributed by atoms with E-state index in [1.807, 2.05) is 72.5 Å². The van der Waals surface area contributed by atoms with E-state index in [4.69, 9.17) is 14.5 Å². The van der Waals surface area contributed by atoms with Gasteiger partial charge in [0, 0.05) is 31.7 Å². The number of aryl methyl sites for hydroxylation is 3. The lowest BCUT2D eigenvalue weighted by molar-refractivity contribution is -0.139. The quantitative estimate of drug-likeness (QED) is 0.0937. The minimum Gasteiger partial charge on any atom is -0.505 e. The fourth-order valence-electron chi connectivity index (χ4n) is 5.59. The molecule has 1 aliphatic heterocycles. The molecular formula is C33H39N5O5. The molecule has 1 saturated heterocycles. The lowest BCUT2D eigenvalue weighted by Gasteiger charge is -2.26. The Kier molecular flexibility index (Phi) is 9.13. The Bertz CT molecular complexity index is 1640. The molecule has 1 N–H and O–H groups in total. The maximum absolute atomic E-state index is 13.7. The van der Waals surface area contributed by atoms with Crippen molar-refractivity contribution in [2.45, 2.75) is 66.0 Å². The van der Waals surface area contributed by atoms with Crippen molar-refractivity contribution in [2.24, 2.45) is 0 Å². The molecule has 0 spiro atoms. The highest BCUT2D eigenvalue weighted by Gasteiger charge is 2.46. The summed E-state index contributed by atoms with van der Waals surface area (Å²) in [5, 5.41) is 11.7. The van der Waals surface area contributed by atoms with Crippen LogP contribution in [-0.2, 0) is 16.1 Å². The fraction of sp³-hybridized carbons (Fsp3) is 0.394. The van der Waals surface area contributed by atoms with Crippen molar-refractivity contribution in [2.75, 3.05) is 19.8 Å². The van der Waals surface area contributed by atoms with Gasteiger partial charge < -0.3 is 28.4 Å². The summed E-state index contributed by atoms with van der Waals surface area (Å²) in [6, 6.07) is 8.48. The Balaban J connectivity index is 1.58. The van der Waals surface area contributed by atoms with E-state index in [2.05, 4.69) is 11.9 Å². The second-order valence-corrected chi connectivity index (χ2v) is 10.8. The number of aromatic nitrogens is 4. The number of hydrogen-bond acceptors (Lipinski definition) is 7. The van der Waals surface area contributed by atoms with Gasteiger partial charge in [0.2, 0.25) is 0 Å². The van der Waals surface area contributed by atoms with Crippen molar-refractivity contribution >= 4 is 23.1 Å². The summed E-state index contributed by atoms with van der Waals surface area (Å²) < 4.78 is 15.8. The third kappa shape index (κ3) is 6.00. The number of nitrogens with zero attached hydrogens (tertiary/aromatic N) is 5. The number of imidazole rings is 2. The monoisotopic (exact) mass is 585 g/mol. The SMILES string of the molecule is CCCCCOc1ccc(C2/C(=C(\O)c3nc4c(C)cccn4c3C)C(=O)C(=O)N2CCCn2ccnc2)cc1OCC. The third-order valence-corrected chi connectivity index (χ3v) is 7.81. The maximum Gasteiger partial charge on any atom is 0.295 e. The Morgan fingerprint density at radius 3 is 2.56 bits per heavy atom. The number of Topliss-reactive ketones (excluding diaryl/α,β-unsaturated/α-hetero) is 1. The second-order valence-electron chi connectivity index (χ2n) is 10.8. The lowest BCUT2D eigenvalue weighted by atomic mass is 9.96. The molecule has 1 aliphatic rings. The number of aliphatic hydroxyl groups is 1. The van der Waals surface area contributed by atoms with E-state index >= 15 is 0 Å². The Labute approximate surface area is 251 Å². The van der Waals surface area contributed by atoms with Gasteiger partial charge in [0.1, 0.15) is 11.3 Å². The predicted molar refractivity (Wildman–Crippen MR) is 163 cm³/mol. The number of unbranched alkanes of at least 4 members (excludes halogenated alkanes) is 2. The molecule has 10 heteroatoms. The molecule has 4 aromatic rings. The Morgan fingerprint density at radius 2 is 1.84 bits per heavy atom. The highest BCUT2D eigenvalue weighted by atomic mass is 16.5. The van der Waals surface area contributed by atoms with Gasteiger partial charge in [-0.2, -0.15) is 0 Å². The molecule has 1 atom stereocenters. The molecule has 0 saturated carbocycles. The number of rotatable bonds is 13. The summed E-state index contributed by atoms with van der Waals surface area (Å²) >= 11 is 0. The van der Waals surface area contributed by atoms with Crippen LogP contribution in [0.3, 0.4) is 0 Å². The molecule has 4 heterocycles. The first kappa shape index (κ1) is 29.9. The van der Waals surface area contributed by atoms with Crippen molar-refractivity contribution in [1.29, 1.82) is 0 Å². The summed E-state index contributed by atoms with van der Waals surface area (Å²) in [4.78, 5) is 37.5. The minimum atomic E-state index is -0.832. The number of hydrogen-bond donors (Lipinski definition) is 1. The zero-order valence-corrected chi connectivity index (χ0v) is 25.2. The standard InChI is InChI=1S/C33H39N5O5/c1-5-7-8-19-43-25-13-12-24(20-26(25)42-6-2)29-27(30(39)28-23(4)37-16-9-11-22(3)32(37)35-28)31(40)33(41)38(29)17-10-15-36-18-14-34-21-36/h9,11-14,16,18,20-21,29,39H,5-8,10,15,17,19H2,1-4H3/b30-27+. The van der Waals surface area contributed by atoms with Gasteiger partial charge >= 0.3 is 0 Å². The first-order valence-corrected chi connectivity index (χ1v) is 14.9. The van der Waals surface area contributed by atoms with E-state index in [-0.39, 0.29) is 17.0 Å². The van der Waals surface area contributed by atoms with Gasteiger partial charge in [-0.05, 0) is 62.9 Å².